The van der Waals surface area contributed by atoms with Crippen molar-refractivity contribution in [2.45, 2.75) is 0 Å². The number of nitrogens with zero attached hydrogens (tertiary/aromatic N) is 1. The van der Waals surface area contributed by atoms with E-state index in [1.54, 1.807) is 12.1 Å². The van der Waals surface area contributed by atoms with Crippen LogP contribution in [0.2, 0.25) is 0 Å². The molecule has 19 heavy (non-hydrogen) atoms. The van der Waals surface area contributed by atoms with Crippen molar-refractivity contribution in [1.82, 2.24) is 9.97 Å². The van der Waals surface area contributed by atoms with Gasteiger partial charge in [0.05, 0.1) is 16.8 Å². The number of carbonyl (C=O) groups is 2. The molecule has 0 radical (unpaired) electrons. The van der Waals surface area contributed by atoms with Gasteiger partial charge in [0.15, 0.2) is 0 Å². The standard InChI is InChI=1S/C15H8N2O2/c18-14-9-5-3-7-16-12(9)15(19)11-8-4-1-2-6-10(8)17-13(11)14/h1-7,17H. The van der Waals surface area contributed by atoms with Gasteiger partial charge >= 0.3 is 0 Å². The van der Waals surface area contributed by atoms with Crippen molar-refractivity contribution in [2.24, 2.45) is 0 Å². The number of hydrogen-bond acceptors (Lipinski definition) is 3. The first-order valence-electron chi connectivity index (χ1n) is 5.92. The third-order valence-corrected chi connectivity index (χ3v) is 3.43. The summed E-state index contributed by atoms with van der Waals surface area (Å²) >= 11 is 0. The number of H-pyrrole nitrogens is 1. The number of para-hydroxylation sites is 1. The van der Waals surface area contributed by atoms with Crippen LogP contribution in [0, 0.1) is 0 Å². The maximum Gasteiger partial charge on any atom is 0.215 e. The van der Waals surface area contributed by atoms with Gasteiger partial charge in [0, 0.05) is 17.1 Å². The van der Waals surface area contributed by atoms with Gasteiger partial charge in [0.2, 0.25) is 11.6 Å². The average Bonchev–Trinajstić information content (AvgIpc) is 2.84. The Morgan fingerprint density at radius 2 is 1.79 bits per heavy atom. The summed E-state index contributed by atoms with van der Waals surface area (Å²) in [6, 6.07) is 10.7. The minimum Gasteiger partial charge on any atom is -0.351 e. The van der Waals surface area contributed by atoms with Gasteiger partial charge in [-0.05, 0) is 18.2 Å². The number of benzene rings is 1. The fourth-order valence-electron chi connectivity index (χ4n) is 2.57. The smallest absolute Gasteiger partial charge is 0.215 e. The fraction of sp³-hybridized carbons (Fsp3) is 0. The quantitative estimate of drug-likeness (QED) is 0.519. The predicted octanol–water partition coefficient (Wildman–Crippen LogP) is 2.34. The number of carbonyl (C=O) groups excluding carboxylic acids is 2. The highest BCUT2D eigenvalue weighted by molar-refractivity contribution is 6.31. The Hall–Kier alpha value is -2.75. The van der Waals surface area contributed by atoms with Crippen LogP contribution in [0.5, 0.6) is 0 Å². The summed E-state index contributed by atoms with van der Waals surface area (Å²) in [4.78, 5) is 32.0. The molecule has 0 amide bonds. The maximum absolute atomic E-state index is 12.5. The van der Waals surface area contributed by atoms with E-state index in [2.05, 4.69) is 9.97 Å². The van der Waals surface area contributed by atoms with Gasteiger partial charge in [-0.2, -0.15) is 0 Å². The lowest BCUT2D eigenvalue weighted by molar-refractivity contribution is 0.0974. The highest BCUT2D eigenvalue weighted by atomic mass is 16.1. The largest absolute Gasteiger partial charge is 0.351 e. The average molecular weight is 248 g/mol. The molecule has 2 aromatic heterocycles. The first kappa shape index (κ1) is 10.2. The molecule has 0 saturated carbocycles. The molecule has 0 bridgehead atoms. The van der Waals surface area contributed by atoms with Gasteiger partial charge in [0.25, 0.3) is 0 Å². The fourth-order valence-corrected chi connectivity index (χ4v) is 2.57. The summed E-state index contributed by atoms with van der Waals surface area (Å²) in [5, 5.41) is 0.771. The van der Waals surface area contributed by atoms with Crippen LogP contribution in [0.4, 0.5) is 0 Å². The summed E-state index contributed by atoms with van der Waals surface area (Å²) in [5.41, 5.74) is 2.21. The Labute approximate surface area is 108 Å². The third kappa shape index (κ3) is 1.20. The summed E-state index contributed by atoms with van der Waals surface area (Å²) in [5.74, 6) is -0.364. The van der Waals surface area contributed by atoms with E-state index in [0.717, 1.165) is 10.9 Å². The van der Waals surface area contributed by atoms with Crippen molar-refractivity contribution < 1.29 is 9.59 Å². The van der Waals surface area contributed by atoms with Crippen molar-refractivity contribution in [3.8, 4) is 0 Å². The number of nitrogens with one attached hydrogen (secondary N) is 1. The number of ketones is 2. The second-order valence-corrected chi connectivity index (χ2v) is 4.48. The van der Waals surface area contributed by atoms with Gasteiger partial charge in [-0.15, -0.1) is 0 Å². The molecule has 0 fully saturated rings. The predicted molar refractivity (Wildman–Crippen MR) is 69.4 cm³/mol. The van der Waals surface area contributed by atoms with E-state index in [9.17, 15) is 9.59 Å². The zero-order chi connectivity index (χ0) is 13.0. The van der Waals surface area contributed by atoms with Gasteiger partial charge < -0.3 is 4.98 Å². The molecule has 1 aromatic carbocycles. The number of rotatable bonds is 0. The monoisotopic (exact) mass is 248 g/mol. The summed E-state index contributed by atoms with van der Waals surface area (Å²) in [6.45, 7) is 0. The minimum absolute atomic E-state index is 0.172. The molecular weight excluding hydrogens is 240 g/mol. The Kier molecular flexibility index (Phi) is 1.82. The first-order chi connectivity index (χ1) is 9.27. The van der Waals surface area contributed by atoms with Crippen LogP contribution in [-0.4, -0.2) is 21.5 Å². The Morgan fingerprint density at radius 3 is 2.68 bits per heavy atom. The van der Waals surface area contributed by atoms with E-state index in [4.69, 9.17) is 0 Å². The normalized spacial score (nSPS) is 13.5. The van der Waals surface area contributed by atoms with Gasteiger partial charge in [0.1, 0.15) is 5.69 Å². The zero-order valence-corrected chi connectivity index (χ0v) is 9.81. The lowest BCUT2D eigenvalue weighted by Gasteiger charge is -2.12. The lowest BCUT2D eigenvalue weighted by Crippen LogP contribution is -2.21. The molecule has 4 nitrogen and oxygen atoms in total. The van der Waals surface area contributed by atoms with Crippen molar-refractivity contribution in [3.63, 3.8) is 0 Å². The SMILES string of the molecule is O=C1c2cccnc2C(=O)c2c1[nH]c1ccccc21. The molecular formula is C15H8N2O2. The van der Waals surface area contributed by atoms with E-state index in [1.807, 2.05) is 24.3 Å². The zero-order valence-electron chi connectivity index (χ0n) is 9.81. The molecule has 0 saturated heterocycles. The number of aromatic amines is 1. The Balaban J connectivity index is 2.14. The van der Waals surface area contributed by atoms with Crippen LogP contribution in [0.1, 0.15) is 32.1 Å². The third-order valence-electron chi connectivity index (χ3n) is 3.43. The van der Waals surface area contributed by atoms with Crippen LogP contribution >= 0.6 is 0 Å². The van der Waals surface area contributed by atoms with E-state index in [1.165, 1.54) is 6.20 Å². The highest BCUT2D eigenvalue weighted by Gasteiger charge is 2.33. The molecule has 1 aliphatic carbocycles. The molecule has 0 spiro atoms. The molecule has 4 heteroatoms. The molecule has 1 N–H and O–H groups in total. The van der Waals surface area contributed by atoms with Crippen LogP contribution in [0.15, 0.2) is 42.6 Å². The number of aromatic nitrogens is 2. The topological polar surface area (TPSA) is 62.8 Å². The number of hydrogen-bond donors (Lipinski definition) is 1. The number of fused-ring (bicyclic) bond motifs is 4. The van der Waals surface area contributed by atoms with E-state index in [0.29, 0.717) is 16.8 Å². The van der Waals surface area contributed by atoms with Gasteiger partial charge in [-0.25, -0.2) is 0 Å². The number of pyridine rings is 1. The van der Waals surface area contributed by atoms with Crippen molar-refractivity contribution in [3.05, 3.63) is 65.1 Å². The van der Waals surface area contributed by atoms with Crippen LogP contribution in [0.25, 0.3) is 10.9 Å². The second-order valence-electron chi connectivity index (χ2n) is 4.48. The summed E-state index contributed by atoms with van der Waals surface area (Å²) < 4.78 is 0. The van der Waals surface area contributed by atoms with Crippen LogP contribution in [-0.2, 0) is 0 Å². The second kappa shape index (κ2) is 3.38. The summed E-state index contributed by atoms with van der Waals surface area (Å²) in [7, 11) is 0. The van der Waals surface area contributed by atoms with Crippen molar-refractivity contribution >= 4 is 22.5 Å². The maximum atomic E-state index is 12.5. The van der Waals surface area contributed by atoms with Crippen molar-refractivity contribution in [2.75, 3.05) is 0 Å². The molecule has 1 aliphatic rings. The lowest BCUT2D eigenvalue weighted by atomic mass is 9.90. The molecule has 0 aliphatic heterocycles. The highest BCUT2D eigenvalue weighted by Crippen LogP contribution is 2.31. The molecule has 0 unspecified atom stereocenters. The van der Waals surface area contributed by atoms with Crippen LogP contribution < -0.4 is 0 Å². The van der Waals surface area contributed by atoms with E-state index in [-0.39, 0.29) is 17.3 Å². The van der Waals surface area contributed by atoms with Crippen LogP contribution in [0.3, 0.4) is 0 Å². The summed E-state index contributed by atoms with van der Waals surface area (Å²) in [6.07, 6.45) is 1.53. The first-order valence-corrected chi connectivity index (χ1v) is 5.92. The Bertz CT molecular complexity index is 861. The molecule has 2 heterocycles. The molecule has 0 atom stereocenters. The van der Waals surface area contributed by atoms with E-state index < -0.39 is 0 Å². The minimum atomic E-state index is -0.192. The van der Waals surface area contributed by atoms with Gasteiger partial charge in [-0.1, -0.05) is 18.2 Å². The molecule has 90 valence electrons. The Morgan fingerprint density at radius 1 is 0.947 bits per heavy atom. The van der Waals surface area contributed by atoms with Gasteiger partial charge in [-0.3, -0.25) is 14.6 Å². The molecule has 4 rings (SSSR count). The van der Waals surface area contributed by atoms with Crippen molar-refractivity contribution in [1.29, 1.82) is 0 Å². The molecule has 3 aromatic rings. The van der Waals surface area contributed by atoms with E-state index >= 15 is 0 Å².